The standard InChI is InChI=1S/C16H24N4O2/c1-3-9-19-14-12(15(21)20(10-4-2)16(19)22)17-13(18-14)11-7-5-6-8-11/h11,14H,3-10H2,1-2H3. The van der Waals surface area contributed by atoms with Crippen LogP contribution in [0.5, 0.6) is 0 Å². The number of imide groups is 1. The Bertz CT molecular complexity index is 534. The smallest absolute Gasteiger partial charge is 0.296 e. The van der Waals surface area contributed by atoms with Gasteiger partial charge in [0.15, 0.2) is 11.9 Å². The molecular formula is C16H24N4O2. The van der Waals surface area contributed by atoms with Gasteiger partial charge in [0.05, 0.1) is 0 Å². The summed E-state index contributed by atoms with van der Waals surface area (Å²) in [6, 6.07) is -0.214. The number of amidine groups is 1. The van der Waals surface area contributed by atoms with Gasteiger partial charge in [-0.15, -0.1) is 0 Å². The lowest BCUT2D eigenvalue weighted by Crippen LogP contribution is -2.61. The van der Waals surface area contributed by atoms with Crippen molar-refractivity contribution in [2.24, 2.45) is 15.9 Å². The summed E-state index contributed by atoms with van der Waals surface area (Å²) in [6.45, 7) is 5.05. The summed E-state index contributed by atoms with van der Waals surface area (Å²) in [5.74, 6) is 0.906. The fourth-order valence-electron chi connectivity index (χ4n) is 3.52. The maximum Gasteiger partial charge on any atom is 0.329 e. The Morgan fingerprint density at radius 1 is 1.09 bits per heavy atom. The monoisotopic (exact) mass is 304 g/mol. The fraction of sp³-hybridized carbons (Fsp3) is 0.750. The van der Waals surface area contributed by atoms with E-state index >= 15 is 0 Å². The molecule has 2 aliphatic heterocycles. The molecule has 0 aromatic carbocycles. The molecule has 1 unspecified atom stereocenters. The number of carbonyl (C=O) groups is 2. The minimum absolute atomic E-state index is 0.214. The van der Waals surface area contributed by atoms with Crippen molar-refractivity contribution in [1.82, 2.24) is 9.80 Å². The third-order valence-corrected chi connectivity index (χ3v) is 4.60. The van der Waals surface area contributed by atoms with Crippen LogP contribution in [-0.4, -0.2) is 52.5 Å². The van der Waals surface area contributed by atoms with E-state index in [1.807, 2.05) is 13.8 Å². The van der Waals surface area contributed by atoms with Crippen molar-refractivity contribution in [2.45, 2.75) is 58.5 Å². The number of urea groups is 1. The van der Waals surface area contributed by atoms with Crippen molar-refractivity contribution in [3.05, 3.63) is 0 Å². The average molecular weight is 304 g/mol. The Morgan fingerprint density at radius 2 is 1.77 bits per heavy atom. The predicted molar refractivity (Wildman–Crippen MR) is 85.0 cm³/mol. The minimum Gasteiger partial charge on any atom is -0.296 e. The minimum atomic E-state index is -0.483. The van der Waals surface area contributed by atoms with Gasteiger partial charge in [0.1, 0.15) is 5.84 Å². The highest BCUT2D eigenvalue weighted by Crippen LogP contribution is 2.31. The molecule has 1 aliphatic carbocycles. The first kappa shape index (κ1) is 15.2. The lowest BCUT2D eigenvalue weighted by molar-refractivity contribution is -0.123. The maximum atomic E-state index is 12.6. The van der Waals surface area contributed by atoms with E-state index in [1.54, 1.807) is 4.90 Å². The molecule has 0 spiro atoms. The maximum absolute atomic E-state index is 12.6. The highest BCUT2D eigenvalue weighted by atomic mass is 16.2. The summed E-state index contributed by atoms with van der Waals surface area (Å²) >= 11 is 0. The summed E-state index contributed by atoms with van der Waals surface area (Å²) < 4.78 is 0. The van der Waals surface area contributed by atoms with Gasteiger partial charge in [-0.05, 0) is 25.7 Å². The number of nitrogens with zero attached hydrogens (tertiary/aromatic N) is 4. The van der Waals surface area contributed by atoms with Crippen LogP contribution in [0.15, 0.2) is 9.98 Å². The van der Waals surface area contributed by atoms with E-state index in [0.717, 1.165) is 31.5 Å². The fourth-order valence-corrected chi connectivity index (χ4v) is 3.52. The lowest BCUT2D eigenvalue weighted by Gasteiger charge is -2.37. The summed E-state index contributed by atoms with van der Waals surface area (Å²) in [5.41, 5.74) is 0.448. The van der Waals surface area contributed by atoms with Crippen LogP contribution in [0.25, 0.3) is 0 Å². The van der Waals surface area contributed by atoms with Gasteiger partial charge in [0.25, 0.3) is 5.91 Å². The van der Waals surface area contributed by atoms with E-state index in [2.05, 4.69) is 9.98 Å². The van der Waals surface area contributed by atoms with E-state index < -0.39 is 6.17 Å². The second-order valence-corrected chi connectivity index (χ2v) is 6.27. The largest absolute Gasteiger partial charge is 0.329 e. The van der Waals surface area contributed by atoms with E-state index in [0.29, 0.717) is 24.7 Å². The van der Waals surface area contributed by atoms with E-state index in [1.165, 1.54) is 17.7 Å². The van der Waals surface area contributed by atoms with Gasteiger partial charge in [0, 0.05) is 19.0 Å². The summed E-state index contributed by atoms with van der Waals surface area (Å²) in [4.78, 5) is 37.4. The van der Waals surface area contributed by atoms with Crippen LogP contribution < -0.4 is 0 Å². The molecule has 1 saturated carbocycles. The number of fused-ring (bicyclic) bond motifs is 1. The number of amides is 3. The normalized spacial score (nSPS) is 25.6. The van der Waals surface area contributed by atoms with Crippen LogP contribution in [0.4, 0.5) is 4.79 Å². The van der Waals surface area contributed by atoms with Crippen LogP contribution in [0, 0.1) is 5.92 Å². The number of hydrogen-bond donors (Lipinski definition) is 0. The zero-order chi connectivity index (χ0) is 15.7. The van der Waals surface area contributed by atoms with Gasteiger partial charge >= 0.3 is 6.03 Å². The van der Waals surface area contributed by atoms with Crippen molar-refractivity contribution in [1.29, 1.82) is 0 Å². The summed E-state index contributed by atoms with van der Waals surface area (Å²) in [6.07, 6.45) is 5.71. The first-order valence-electron chi connectivity index (χ1n) is 8.46. The SMILES string of the molecule is CCCN1C(=O)C2=NC(C3CCCC3)=NC2N(CCC)C1=O. The van der Waals surface area contributed by atoms with Crippen molar-refractivity contribution < 1.29 is 9.59 Å². The highest BCUT2D eigenvalue weighted by molar-refractivity contribution is 6.47. The molecule has 2 fully saturated rings. The Kier molecular flexibility index (Phi) is 4.27. The van der Waals surface area contributed by atoms with Crippen LogP contribution in [-0.2, 0) is 4.79 Å². The first-order valence-corrected chi connectivity index (χ1v) is 8.46. The van der Waals surface area contributed by atoms with Crippen LogP contribution in [0.3, 0.4) is 0 Å². The molecule has 6 nitrogen and oxygen atoms in total. The second-order valence-electron chi connectivity index (χ2n) is 6.27. The molecule has 0 bridgehead atoms. The van der Waals surface area contributed by atoms with Gasteiger partial charge < -0.3 is 0 Å². The molecule has 3 amide bonds. The van der Waals surface area contributed by atoms with Gasteiger partial charge in [0.2, 0.25) is 0 Å². The lowest BCUT2D eigenvalue weighted by atomic mass is 10.1. The number of aliphatic imine (C=N–C) groups is 2. The predicted octanol–water partition coefficient (Wildman–Crippen LogP) is 2.44. The van der Waals surface area contributed by atoms with Crippen molar-refractivity contribution >= 4 is 23.5 Å². The third-order valence-electron chi connectivity index (χ3n) is 4.60. The molecule has 3 rings (SSSR count). The number of rotatable bonds is 5. The molecule has 120 valence electrons. The molecule has 22 heavy (non-hydrogen) atoms. The number of carbonyl (C=O) groups excluding carboxylic acids is 2. The Morgan fingerprint density at radius 3 is 2.41 bits per heavy atom. The van der Waals surface area contributed by atoms with Crippen LogP contribution in [0.2, 0.25) is 0 Å². The van der Waals surface area contributed by atoms with Crippen LogP contribution in [0.1, 0.15) is 52.4 Å². The van der Waals surface area contributed by atoms with Gasteiger partial charge in [-0.25, -0.2) is 14.8 Å². The Hall–Kier alpha value is -1.72. The van der Waals surface area contributed by atoms with E-state index in [9.17, 15) is 9.59 Å². The molecule has 0 aromatic heterocycles. The zero-order valence-corrected chi connectivity index (χ0v) is 13.4. The molecule has 1 atom stereocenters. The molecule has 0 radical (unpaired) electrons. The average Bonchev–Trinajstić information content (AvgIpc) is 3.16. The molecule has 0 N–H and O–H groups in total. The van der Waals surface area contributed by atoms with Gasteiger partial charge in [-0.2, -0.15) is 0 Å². The van der Waals surface area contributed by atoms with Gasteiger partial charge in [-0.3, -0.25) is 14.6 Å². The molecule has 1 saturated heterocycles. The number of hydrogen-bond acceptors (Lipinski definition) is 4. The second kappa shape index (κ2) is 6.18. The highest BCUT2D eigenvalue weighted by Gasteiger charge is 2.46. The molecule has 3 aliphatic rings. The quantitative estimate of drug-likeness (QED) is 0.783. The molecule has 2 heterocycles. The van der Waals surface area contributed by atoms with Crippen molar-refractivity contribution in [3.8, 4) is 0 Å². The molecule has 0 aromatic rings. The van der Waals surface area contributed by atoms with Crippen LogP contribution >= 0.6 is 0 Å². The Labute approximate surface area is 131 Å². The van der Waals surface area contributed by atoms with Crippen molar-refractivity contribution in [3.63, 3.8) is 0 Å². The molecular weight excluding hydrogens is 280 g/mol. The first-order chi connectivity index (χ1) is 10.7. The zero-order valence-electron chi connectivity index (χ0n) is 13.4. The van der Waals surface area contributed by atoms with Gasteiger partial charge in [-0.1, -0.05) is 26.7 Å². The summed E-state index contributed by atoms with van der Waals surface area (Å²) in [7, 11) is 0. The van der Waals surface area contributed by atoms with E-state index in [-0.39, 0.29) is 11.9 Å². The van der Waals surface area contributed by atoms with Crippen molar-refractivity contribution in [2.75, 3.05) is 13.1 Å². The topological polar surface area (TPSA) is 65.3 Å². The van der Waals surface area contributed by atoms with E-state index in [4.69, 9.17) is 0 Å². The summed E-state index contributed by atoms with van der Waals surface area (Å²) in [5, 5.41) is 0. The third kappa shape index (κ3) is 2.44. The Balaban J connectivity index is 1.91. The molecule has 6 heteroatoms.